The van der Waals surface area contributed by atoms with Crippen molar-refractivity contribution in [2.45, 2.75) is 20.0 Å². The Kier molecular flexibility index (Phi) is 7.58. The lowest BCUT2D eigenvalue weighted by atomic mass is 10.2. The molecule has 0 saturated carbocycles. The first-order valence-electron chi connectivity index (χ1n) is 8.10. The zero-order valence-corrected chi connectivity index (χ0v) is 18.2. The average Bonchev–Trinajstić information content (AvgIpc) is 3.21. The van der Waals surface area contributed by atoms with Crippen LogP contribution in [0.4, 0.5) is 0 Å². The molecule has 0 saturated heterocycles. The number of benzene rings is 1. The SMILES string of the molecule is CN=C(NCc1sc(-c2ccccc2)nc1C)NCc1ccnn1C.I. The Bertz CT molecular complexity index is 856. The quantitative estimate of drug-likeness (QED) is 0.333. The third kappa shape index (κ3) is 5.04. The number of hydrogen-bond donors (Lipinski definition) is 2. The number of aryl methyl sites for hydroxylation is 2. The lowest BCUT2D eigenvalue weighted by Crippen LogP contribution is -2.36. The van der Waals surface area contributed by atoms with Gasteiger partial charge in [-0.25, -0.2) is 4.98 Å². The summed E-state index contributed by atoms with van der Waals surface area (Å²) in [5, 5.41) is 11.9. The van der Waals surface area contributed by atoms with Gasteiger partial charge in [0.05, 0.1) is 24.5 Å². The van der Waals surface area contributed by atoms with Gasteiger partial charge in [0.25, 0.3) is 0 Å². The van der Waals surface area contributed by atoms with Crippen molar-refractivity contribution in [2.24, 2.45) is 12.0 Å². The number of aliphatic imine (C=N–C) groups is 1. The van der Waals surface area contributed by atoms with Gasteiger partial charge < -0.3 is 10.6 Å². The monoisotopic (exact) mass is 482 g/mol. The van der Waals surface area contributed by atoms with Gasteiger partial charge >= 0.3 is 0 Å². The van der Waals surface area contributed by atoms with E-state index in [1.807, 2.05) is 42.9 Å². The molecule has 0 bridgehead atoms. The van der Waals surface area contributed by atoms with Crippen molar-refractivity contribution in [2.75, 3.05) is 7.05 Å². The van der Waals surface area contributed by atoms with Crippen LogP contribution in [0.1, 0.15) is 16.3 Å². The van der Waals surface area contributed by atoms with E-state index >= 15 is 0 Å². The third-order valence-electron chi connectivity index (χ3n) is 3.91. The molecule has 0 aliphatic heterocycles. The van der Waals surface area contributed by atoms with E-state index in [2.05, 4.69) is 37.8 Å². The van der Waals surface area contributed by atoms with E-state index in [1.165, 1.54) is 4.88 Å². The van der Waals surface area contributed by atoms with Crippen molar-refractivity contribution >= 4 is 41.3 Å². The average molecular weight is 482 g/mol. The molecule has 138 valence electrons. The van der Waals surface area contributed by atoms with E-state index in [-0.39, 0.29) is 24.0 Å². The van der Waals surface area contributed by atoms with Crippen LogP contribution in [0, 0.1) is 6.92 Å². The van der Waals surface area contributed by atoms with Crippen LogP contribution in [0.25, 0.3) is 10.6 Å². The molecule has 0 aliphatic carbocycles. The van der Waals surface area contributed by atoms with E-state index in [1.54, 1.807) is 24.6 Å². The van der Waals surface area contributed by atoms with E-state index in [9.17, 15) is 0 Å². The zero-order chi connectivity index (χ0) is 17.6. The highest BCUT2D eigenvalue weighted by Gasteiger charge is 2.10. The topological polar surface area (TPSA) is 67.1 Å². The Balaban J connectivity index is 0.00000243. The van der Waals surface area contributed by atoms with Crippen molar-refractivity contribution < 1.29 is 0 Å². The molecule has 26 heavy (non-hydrogen) atoms. The van der Waals surface area contributed by atoms with Gasteiger partial charge in [0, 0.05) is 30.7 Å². The van der Waals surface area contributed by atoms with Crippen LogP contribution in [0.5, 0.6) is 0 Å². The summed E-state index contributed by atoms with van der Waals surface area (Å²) in [7, 11) is 3.70. The van der Waals surface area contributed by atoms with Crippen molar-refractivity contribution in [1.82, 2.24) is 25.4 Å². The van der Waals surface area contributed by atoms with Crippen molar-refractivity contribution in [3.8, 4) is 10.6 Å². The molecule has 0 radical (unpaired) electrons. The molecule has 1 aromatic carbocycles. The molecule has 8 heteroatoms. The summed E-state index contributed by atoms with van der Waals surface area (Å²) in [5.74, 6) is 0.760. The minimum absolute atomic E-state index is 0. The van der Waals surface area contributed by atoms with Crippen LogP contribution < -0.4 is 10.6 Å². The van der Waals surface area contributed by atoms with Gasteiger partial charge in [-0.3, -0.25) is 9.67 Å². The fourth-order valence-corrected chi connectivity index (χ4v) is 3.44. The summed E-state index contributed by atoms with van der Waals surface area (Å²) in [6.07, 6.45) is 1.79. The summed E-state index contributed by atoms with van der Waals surface area (Å²) in [4.78, 5) is 10.2. The molecule has 0 amide bonds. The minimum atomic E-state index is 0. The molecular formula is C18H23IN6S. The summed E-state index contributed by atoms with van der Waals surface area (Å²) in [5.41, 5.74) is 3.31. The fraction of sp³-hybridized carbons (Fsp3) is 0.278. The number of nitrogens with one attached hydrogen (secondary N) is 2. The maximum atomic E-state index is 4.69. The normalized spacial score (nSPS) is 11.1. The molecule has 0 aliphatic rings. The van der Waals surface area contributed by atoms with Crippen molar-refractivity contribution in [3.05, 3.63) is 58.9 Å². The zero-order valence-electron chi connectivity index (χ0n) is 15.1. The number of aromatic nitrogens is 3. The molecule has 3 aromatic rings. The van der Waals surface area contributed by atoms with Gasteiger partial charge in [0.1, 0.15) is 5.01 Å². The van der Waals surface area contributed by atoms with E-state index in [0.717, 1.165) is 27.9 Å². The third-order valence-corrected chi connectivity index (χ3v) is 5.12. The smallest absolute Gasteiger partial charge is 0.191 e. The number of guanidine groups is 1. The second-order valence-corrected chi connectivity index (χ2v) is 6.70. The largest absolute Gasteiger partial charge is 0.351 e. The number of rotatable bonds is 5. The molecule has 3 rings (SSSR count). The molecule has 2 heterocycles. The summed E-state index contributed by atoms with van der Waals surface area (Å²) in [6, 6.07) is 12.3. The van der Waals surface area contributed by atoms with Crippen LogP contribution >= 0.6 is 35.3 Å². The van der Waals surface area contributed by atoms with Crippen molar-refractivity contribution in [3.63, 3.8) is 0 Å². The first kappa shape index (κ1) is 20.4. The van der Waals surface area contributed by atoms with Crippen LogP contribution in [-0.2, 0) is 20.1 Å². The van der Waals surface area contributed by atoms with Crippen LogP contribution in [0.3, 0.4) is 0 Å². The van der Waals surface area contributed by atoms with Gasteiger partial charge in [-0.2, -0.15) is 5.10 Å². The summed E-state index contributed by atoms with van der Waals surface area (Å²) >= 11 is 1.71. The maximum absolute atomic E-state index is 4.69. The Morgan fingerprint density at radius 3 is 2.54 bits per heavy atom. The Morgan fingerprint density at radius 2 is 1.88 bits per heavy atom. The van der Waals surface area contributed by atoms with Gasteiger partial charge in [0.15, 0.2) is 5.96 Å². The molecule has 0 unspecified atom stereocenters. The highest BCUT2D eigenvalue weighted by molar-refractivity contribution is 14.0. The Labute approximate surface area is 174 Å². The molecule has 0 fully saturated rings. The van der Waals surface area contributed by atoms with E-state index < -0.39 is 0 Å². The van der Waals surface area contributed by atoms with Gasteiger partial charge in [-0.1, -0.05) is 30.3 Å². The second kappa shape index (κ2) is 9.67. The fourth-order valence-electron chi connectivity index (χ4n) is 2.43. The highest BCUT2D eigenvalue weighted by atomic mass is 127. The standard InChI is InChI=1S/C18H22N6S.HI/c1-13-16(25-17(23-13)14-7-5-4-6-8-14)12-21-18(19-2)20-11-15-9-10-22-24(15)3;/h4-10H,11-12H2,1-3H3,(H2,19,20,21);1H. The Hall–Kier alpha value is -1.94. The van der Waals surface area contributed by atoms with E-state index in [0.29, 0.717) is 13.1 Å². The van der Waals surface area contributed by atoms with E-state index in [4.69, 9.17) is 0 Å². The lowest BCUT2D eigenvalue weighted by Gasteiger charge is -2.11. The maximum Gasteiger partial charge on any atom is 0.191 e. The lowest BCUT2D eigenvalue weighted by molar-refractivity contribution is 0.684. The molecule has 0 atom stereocenters. The number of hydrogen-bond acceptors (Lipinski definition) is 4. The van der Waals surface area contributed by atoms with Crippen molar-refractivity contribution in [1.29, 1.82) is 0 Å². The molecule has 6 nitrogen and oxygen atoms in total. The molecule has 0 spiro atoms. The molecular weight excluding hydrogens is 459 g/mol. The highest BCUT2D eigenvalue weighted by Crippen LogP contribution is 2.27. The van der Waals surface area contributed by atoms with Crippen LogP contribution in [-0.4, -0.2) is 27.8 Å². The number of thiazole rings is 1. The first-order valence-corrected chi connectivity index (χ1v) is 8.92. The predicted octanol–water partition coefficient (Wildman–Crippen LogP) is 3.34. The number of nitrogens with zero attached hydrogens (tertiary/aromatic N) is 4. The summed E-state index contributed by atoms with van der Waals surface area (Å²) in [6.45, 7) is 3.42. The minimum Gasteiger partial charge on any atom is -0.351 e. The Morgan fingerprint density at radius 1 is 1.15 bits per heavy atom. The van der Waals surface area contributed by atoms with Gasteiger partial charge in [-0.05, 0) is 13.0 Å². The van der Waals surface area contributed by atoms with Crippen LogP contribution in [0.15, 0.2) is 47.6 Å². The van der Waals surface area contributed by atoms with Gasteiger partial charge in [0.2, 0.25) is 0 Å². The number of halogens is 1. The van der Waals surface area contributed by atoms with Crippen LogP contribution in [0.2, 0.25) is 0 Å². The summed E-state index contributed by atoms with van der Waals surface area (Å²) < 4.78 is 1.85. The first-order chi connectivity index (χ1) is 12.2. The molecule has 2 aromatic heterocycles. The van der Waals surface area contributed by atoms with Gasteiger partial charge in [-0.15, -0.1) is 35.3 Å². The predicted molar refractivity (Wildman–Crippen MR) is 118 cm³/mol. The molecule has 2 N–H and O–H groups in total. The second-order valence-electron chi connectivity index (χ2n) is 5.62.